The molecule has 1 fully saturated rings. The Morgan fingerprint density at radius 1 is 1.53 bits per heavy atom. The summed E-state index contributed by atoms with van der Waals surface area (Å²) in [5, 5.41) is 0. The van der Waals surface area contributed by atoms with Gasteiger partial charge in [0.25, 0.3) is 0 Å². The fourth-order valence-corrected chi connectivity index (χ4v) is 1.73. The van der Waals surface area contributed by atoms with Crippen LogP contribution in [-0.4, -0.2) is 55.1 Å². The molecule has 1 aliphatic heterocycles. The quantitative estimate of drug-likeness (QED) is 0.636. The molecule has 0 spiro atoms. The second kappa shape index (κ2) is 5.00. The molecular formula is C10H18N2O3. The number of amides is 2. The van der Waals surface area contributed by atoms with E-state index in [1.54, 1.807) is 16.8 Å². The van der Waals surface area contributed by atoms with Crippen LogP contribution in [0, 0.1) is 0 Å². The molecule has 1 atom stereocenters. The average Bonchev–Trinajstić information content (AvgIpc) is 2.74. The summed E-state index contributed by atoms with van der Waals surface area (Å²) < 4.78 is 4.68. The van der Waals surface area contributed by atoms with E-state index in [2.05, 4.69) is 4.74 Å². The second-order valence-electron chi connectivity index (χ2n) is 3.67. The van der Waals surface area contributed by atoms with Crippen LogP contribution >= 0.6 is 0 Å². The van der Waals surface area contributed by atoms with E-state index in [-0.39, 0.29) is 12.0 Å². The van der Waals surface area contributed by atoms with Crippen LogP contribution in [0.4, 0.5) is 4.79 Å². The maximum Gasteiger partial charge on any atom is 0.328 e. The van der Waals surface area contributed by atoms with Gasteiger partial charge in [-0.05, 0) is 19.8 Å². The van der Waals surface area contributed by atoms with E-state index in [1.165, 1.54) is 7.11 Å². The number of rotatable bonds is 2. The Kier molecular flexibility index (Phi) is 3.94. The van der Waals surface area contributed by atoms with Crippen molar-refractivity contribution >= 4 is 12.0 Å². The van der Waals surface area contributed by atoms with Crippen molar-refractivity contribution in [3.05, 3.63) is 0 Å². The first kappa shape index (κ1) is 11.8. The minimum absolute atomic E-state index is 0.0922. The molecular weight excluding hydrogens is 196 g/mol. The minimum atomic E-state index is -0.392. The normalized spacial score (nSPS) is 20.2. The van der Waals surface area contributed by atoms with Gasteiger partial charge in [0.1, 0.15) is 6.04 Å². The molecule has 0 N–H and O–H groups in total. The highest BCUT2D eigenvalue weighted by molar-refractivity contribution is 5.84. The van der Waals surface area contributed by atoms with Gasteiger partial charge in [-0.15, -0.1) is 0 Å². The third-order valence-corrected chi connectivity index (χ3v) is 2.77. The lowest BCUT2D eigenvalue weighted by atomic mass is 10.2. The van der Waals surface area contributed by atoms with Gasteiger partial charge in [-0.1, -0.05) is 0 Å². The maximum atomic E-state index is 11.9. The molecule has 2 amide bonds. The Morgan fingerprint density at radius 3 is 2.73 bits per heavy atom. The topological polar surface area (TPSA) is 49.9 Å². The summed E-state index contributed by atoms with van der Waals surface area (Å²) in [4.78, 5) is 26.4. The molecule has 0 aromatic heterocycles. The number of carbonyl (C=O) groups excluding carboxylic acids is 2. The van der Waals surface area contributed by atoms with Crippen LogP contribution in [-0.2, 0) is 9.53 Å². The maximum absolute atomic E-state index is 11.9. The van der Waals surface area contributed by atoms with Crippen LogP contribution in [0.15, 0.2) is 0 Å². The van der Waals surface area contributed by atoms with Crippen molar-refractivity contribution < 1.29 is 14.3 Å². The van der Waals surface area contributed by atoms with Crippen LogP contribution in [0.5, 0.6) is 0 Å². The van der Waals surface area contributed by atoms with E-state index in [0.29, 0.717) is 19.5 Å². The smallest absolute Gasteiger partial charge is 0.328 e. The number of hydrogen-bond donors (Lipinski definition) is 0. The molecule has 1 unspecified atom stereocenters. The van der Waals surface area contributed by atoms with E-state index >= 15 is 0 Å². The van der Waals surface area contributed by atoms with E-state index < -0.39 is 6.04 Å². The van der Waals surface area contributed by atoms with Crippen molar-refractivity contribution in [1.82, 2.24) is 9.80 Å². The summed E-state index contributed by atoms with van der Waals surface area (Å²) in [5.41, 5.74) is 0. The Hall–Kier alpha value is -1.26. The van der Waals surface area contributed by atoms with E-state index in [1.807, 2.05) is 6.92 Å². The fraction of sp³-hybridized carbons (Fsp3) is 0.800. The summed E-state index contributed by atoms with van der Waals surface area (Å²) >= 11 is 0. The Balaban J connectivity index is 2.68. The van der Waals surface area contributed by atoms with Crippen molar-refractivity contribution in [3.63, 3.8) is 0 Å². The van der Waals surface area contributed by atoms with Crippen LogP contribution in [0.2, 0.25) is 0 Å². The lowest BCUT2D eigenvalue weighted by Gasteiger charge is -2.27. The van der Waals surface area contributed by atoms with E-state index in [4.69, 9.17) is 0 Å². The van der Waals surface area contributed by atoms with Gasteiger partial charge in [0.2, 0.25) is 0 Å². The molecule has 0 bridgehead atoms. The standard InChI is InChI=1S/C10H18N2O3/c1-4-11(2)10(14)12-7-5-6-8(12)9(13)15-3/h8H,4-7H2,1-3H3. The predicted molar refractivity (Wildman–Crippen MR) is 55.4 cm³/mol. The molecule has 0 aromatic rings. The van der Waals surface area contributed by atoms with Crippen molar-refractivity contribution in [1.29, 1.82) is 0 Å². The third-order valence-electron chi connectivity index (χ3n) is 2.77. The van der Waals surface area contributed by atoms with Gasteiger partial charge in [-0.2, -0.15) is 0 Å². The lowest BCUT2D eigenvalue weighted by molar-refractivity contribution is -0.145. The number of urea groups is 1. The van der Waals surface area contributed by atoms with Crippen molar-refractivity contribution in [3.8, 4) is 0 Å². The van der Waals surface area contributed by atoms with Gasteiger partial charge in [-0.3, -0.25) is 0 Å². The summed E-state index contributed by atoms with van der Waals surface area (Å²) in [6.45, 7) is 3.19. The van der Waals surface area contributed by atoms with Crippen molar-refractivity contribution in [2.24, 2.45) is 0 Å². The summed E-state index contributed by atoms with van der Waals surface area (Å²) in [5.74, 6) is -0.314. The number of ether oxygens (including phenoxy) is 1. The van der Waals surface area contributed by atoms with Crippen molar-refractivity contribution in [2.75, 3.05) is 27.2 Å². The number of esters is 1. The zero-order valence-electron chi connectivity index (χ0n) is 9.52. The molecule has 1 rings (SSSR count). The van der Waals surface area contributed by atoms with Gasteiger partial charge in [0, 0.05) is 20.1 Å². The van der Waals surface area contributed by atoms with Crippen LogP contribution in [0.3, 0.4) is 0 Å². The van der Waals surface area contributed by atoms with Gasteiger partial charge >= 0.3 is 12.0 Å². The average molecular weight is 214 g/mol. The lowest BCUT2D eigenvalue weighted by Crippen LogP contribution is -2.46. The highest BCUT2D eigenvalue weighted by Gasteiger charge is 2.35. The molecule has 0 saturated carbocycles. The van der Waals surface area contributed by atoms with Gasteiger partial charge in [0.15, 0.2) is 0 Å². The fourth-order valence-electron chi connectivity index (χ4n) is 1.73. The minimum Gasteiger partial charge on any atom is -0.467 e. The number of hydrogen-bond acceptors (Lipinski definition) is 3. The molecule has 0 radical (unpaired) electrons. The van der Waals surface area contributed by atoms with Crippen LogP contribution in [0.1, 0.15) is 19.8 Å². The molecule has 1 heterocycles. The summed E-state index contributed by atoms with van der Waals surface area (Å²) in [7, 11) is 3.09. The monoisotopic (exact) mass is 214 g/mol. The molecule has 86 valence electrons. The number of likely N-dealkylation sites (tertiary alicyclic amines) is 1. The van der Waals surface area contributed by atoms with E-state index in [0.717, 1.165) is 6.42 Å². The summed E-state index contributed by atoms with van der Waals surface area (Å²) in [6.07, 6.45) is 1.57. The second-order valence-corrected chi connectivity index (χ2v) is 3.67. The highest BCUT2D eigenvalue weighted by Crippen LogP contribution is 2.19. The molecule has 1 saturated heterocycles. The third kappa shape index (κ3) is 2.40. The Bertz CT molecular complexity index is 255. The Morgan fingerprint density at radius 2 is 2.20 bits per heavy atom. The van der Waals surface area contributed by atoms with Crippen LogP contribution < -0.4 is 0 Å². The molecule has 1 aliphatic rings. The number of carbonyl (C=O) groups is 2. The van der Waals surface area contributed by atoms with E-state index in [9.17, 15) is 9.59 Å². The first-order valence-electron chi connectivity index (χ1n) is 5.21. The van der Waals surface area contributed by atoms with Gasteiger partial charge in [0.05, 0.1) is 7.11 Å². The van der Waals surface area contributed by atoms with Crippen LogP contribution in [0.25, 0.3) is 0 Å². The largest absolute Gasteiger partial charge is 0.467 e. The highest BCUT2D eigenvalue weighted by atomic mass is 16.5. The van der Waals surface area contributed by atoms with Gasteiger partial charge in [-0.25, -0.2) is 9.59 Å². The molecule has 0 aromatic carbocycles. The Labute approximate surface area is 90.0 Å². The molecule has 5 nitrogen and oxygen atoms in total. The number of nitrogens with zero attached hydrogens (tertiary/aromatic N) is 2. The zero-order valence-corrected chi connectivity index (χ0v) is 9.52. The zero-order chi connectivity index (χ0) is 11.4. The molecule has 5 heteroatoms. The first-order chi connectivity index (χ1) is 7.11. The molecule has 15 heavy (non-hydrogen) atoms. The molecule has 0 aliphatic carbocycles. The summed E-state index contributed by atoms with van der Waals surface area (Å²) in [6, 6.07) is -0.484. The van der Waals surface area contributed by atoms with Gasteiger partial charge < -0.3 is 14.5 Å². The SMILES string of the molecule is CCN(C)C(=O)N1CCCC1C(=O)OC. The predicted octanol–water partition coefficient (Wildman–Crippen LogP) is 0.695. The first-order valence-corrected chi connectivity index (χ1v) is 5.21. The number of methoxy groups -OCH3 is 1. The van der Waals surface area contributed by atoms with Crippen molar-refractivity contribution in [2.45, 2.75) is 25.8 Å².